The van der Waals surface area contributed by atoms with E-state index in [1.807, 2.05) is 36.6 Å². The molecule has 1 atom stereocenters. The molecule has 1 aliphatic rings. The molecule has 0 saturated carbocycles. The average Bonchev–Trinajstić information content (AvgIpc) is 3.50. The molecule has 9 heteroatoms. The van der Waals surface area contributed by atoms with Crippen molar-refractivity contribution >= 4 is 38.6 Å². The van der Waals surface area contributed by atoms with Crippen LogP contribution in [0.4, 0.5) is 0 Å². The van der Waals surface area contributed by atoms with Crippen molar-refractivity contribution < 1.29 is 17.6 Å². The molecule has 4 heterocycles. The quantitative estimate of drug-likeness (QED) is 0.521. The van der Waals surface area contributed by atoms with E-state index >= 15 is 0 Å². The first-order valence-corrected chi connectivity index (χ1v) is 13.0. The lowest BCUT2D eigenvalue weighted by Gasteiger charge is -2.33. The number of thiophene rings is 2. The van der Waals surface area contributed by atoms with Crippen molar-refractivity contribution in [3.8, 4) is 0 Å². The van der Waals surface area contributed by atoms with Crippen LogP contribution in [-0.2, 0) is 27.9 Å². The molecule has 0 aromatic carbocycles. The molecular formula is C21H24N2O4S3. The second-order valence-electron chi connectivity index (χ2n) is 7.42. The summed E-state index contributed by atoms with van der Waals surface area (Å²) in [7, 11) is -3.57. The highest BCUT2D eigenvalue weighted by atomic mass is 32.2. The highest BCUT2D eigenvalue weighted by Gasteiger charge is 2.36. The molecule has 160 valence electrons. The molecule has 0 aliphatic carbocycles. The highest BCUT2D eigenvalue weighted by Crippen LogP contribution is 2.29. The molecule has 4 rings (SSSR count). The van der Waals surface area contributed by atoms with Crippen LogP contribution in [-0.4, -0.2) is 36.6 Å². The van der Waals surface area contributed by atoms with Gasteiger partial charge in [0.2, 0.25) is 5.91 Å². The first-order valence-electron chi connectivity index (χ1n) is 9.83. The van der Waals surface area contributed by atoms with Gasteiger partial charge in [0.25, 0.3) is 10.0 Å². The van der Waals surface area contributed by atoms with Gasteiger partial charge < -0.3 is 9.32 Å². The smallest absolute Gasteiger partial charge is 0.252 e. The largest absolute Gasteiger partial charge is 0.467 e. The lowest BCUT2D eigenvalue weighted by atomic mass is 9.98. The third-order valence-corrected chi connectivity index (χ3v) is 9.40. The second-order valence-corrected chi connectivity index (χ2v) is 11.9. The molecule has 30 heavy (non-hydrogen) atoms. The summed E-state index contributed by atoms with van der Waals surface area (Å²) >= 11 is 2.88. The number of hydrogen-bond donors (Lipinski definition) is 0. The number of furan rings is 1. The molecule has 0 bridgehead atoms. The van der Waals surface area contributed by atoms with Crippen molar-refractivity contribution in [1.29, 1.82) is 0 Å². The molecule has 1 aliphatic heterocycles. The van der Waals surface area contributed by atoms with Gasteiger partial charge in [-0.1, -0.05) is 6.07 Å². The Morgan fingerprint density at radius 1 is 1.23 bits per heavy atom. The zero-order chi connectivity index (χ0) is 21.1. The Morgan fingerprint density at radius 3 is 2.77 bits per heavy atom. The van der Waals surface area contributed by atoms with Crippen molar-refractivity contribution in [2.45, 2.75) is 37.1 Å². The zero-order valence-electron chi connectivity index (χ0n) is 16.7. The van der Waals surface area contributed by atoms with E-state index in [2.05, 4.69) is 0 Å². The Bertz CT molecular complexity index is 1040. The fourth-order valence-electron chi connectivity index (χ4n) is 3.69. The summed E-state index contributed by atoms with van der Waals surface area (Å²) in [5.41, 5.74) is 0. The van der Waals surface area contributed by atoms with E-state index in [0.717, 1.165) is 9.75 Å². The van der Waals surface area contributed by atoms with Crippen LogP contribution in [0.25, 0.3) is 0 Å². The minimum Gasteiger partial charge on any atom is -0.467 e. The van der Waals surface area contributed by atoms with Gasteiger partial charge in [-0.2, -0.15) is 4.31 Å². The van der Waals surface area contributed by atoms with Gasteiger partial charge in [-0.15, -0.1) is 22.7 Å². The number of aryl methyl sites for hydroxylation is 1. The SMILES string of the molecule is Cc1ccc(S(=O)(=O)N2CCCC(C(=O)N(Cc3ccco3)Cc3cccs3)C2)s1. The van der Waals surface area contributed by atoms with E-state index in [-0.39, 0.29) is 18.4 Å². The molecule has 6 nitrogen and oxygen atoms in total. The summed E-state index contributed by atoms with van der Waals surface area (Å²) < 4.78 is 33.4. The third kappa shape index (κ3) is 4.69. The van der Waals surface area contributed by atoms with E-state index in [1.165, 1.54) is 15.6 Å². The third-order valence-electron chi connectivity index (χ3n) is 5.21. The van der Waals surface area contributed by atoms with E-state index in [9.17, 15) is 13.2 Å². The zero-order valence-corrected chi connectivity index (χ0v) is 19.1. The predicted octanol–water partition coefficient (Wildman–Crippen LogP) is 4.34. The minimum absolute atomic E-state index is 0.0259. The lowest BCUT2D eigenvalue weighted by Crippen LogP contribution is -2.46. The molecule has 1 unspecified atom stereocenters. The Kier molecular flexibility index (Phi) is 6.43. The molecule has 3 aromatic heterocycles. The molecular weight excluding hydrogens is 440 g/mol. The number of rotatable bonds is 7. The normalized spacial score (nSPS) is 17.8. The van der Waals surface area contributed by atoms with Crippen molar-refractivity contribution in [3.05, 3.63) is 63.6 Å². The van der Waals surface area contributed by atoms with Crippen LogP contribution in [0, 0.1) is 12.8 Å². The number of carbonyl (C=O) groups excluding carboxylic acids is 1. The number of nitrogens with zero attached hydrogens (tertiary/aromatic N) is 2. The Morgan fingerprint density at radius 2 is 2.10 bits per heavy atom. The van der Waals surface area contributed by atoms with E-state index in [1.54, 1.807) is 34.6 Å². The van der Waals surface area contributed by atoms with Gasteiger partial charge >= 0.3 is 0 Å². The summed E-state index contributed by atoms with van der Waals surface area (Å²) in [6.07, 6.45) is 2.96. The summed E-state index contributed by atoms with van der Waals surface area (Å²) in [6.45, 7) is 3.42. The van der Waals surface area contributed by atoms with Crippen molar-refractivity contribution in [1.82, 2.24) is 9.21 Å². The molecule has 1 saturated heterocycles. The number of hydrogen-bond acceptors (Lipinski definition) is 6. The van der Waals surface area contributed by atoms with Gasteiger partial charge in [-0.05, 0) is 55.5 Å². The number of carbonyl (C=O) groups is 1. The van der Waals surface area contributed by atoms with Crippen LogP contribution in [0.2, 0.25) is 0 Å². The monoisotopic (exact) mass is 464 g/mol. The molecule has 3 aromatic rings. The van der Waals surface area contributed by atoms with Crippen molar-refractivity contribution in [3.63, 3.8) is 0 Å². The maximum absolute atomic E-state index is 13.4. The van der Waals surface area contributed by atoms with Gasteiger partial charge in [0, 0.05) is 22.8 Å². The summed E-state index contributed by atoms with van der Waals surface area (Å²) in [4.78, 5) is 17.3. The molecule has 1 amide bonds. The van der Waals surface area contributed by atoms with Crippen LogP contribution < -0.4 is 0 Å². The number of sulfonamides is 1. The highest BCUT2D eigenvalue weighted by molar-refractivity contribution is 7.91. The fraction of sp³-hybridized carbons (Fsp3) is 0.381. The first-order chi connectivity index (χ1) is 14.4. The first kappa shape index (κ1) is 21.3. The van der Waals surface area contributed by atoms with Crippen molar-refractivity contribution in [2.75, 3.05) is 13.1 Å². The summed E-state index contributed by atoms with van der Waals surface area (Å²) in [5.74, 6) is 0.334. The van der Waals surface area contributed by atoms with E-state index < -0.39 is 10.0 Å². The van der Waals surface area contributed by atoms with Crippen molar-refractivity contribution in [2.24, 2.45) is 5.92 Å². The van der Waals surface area contributed by atoms with Crippen LogP contribution >= 0.6 is 22.7 Å². The van der Waals surface area contributed by atoms with Gasteiger partial charge in [0.1, 0.15) is 9.97 Å². The Labute approximate surface area is 184 Å². The number of piperidine rings is 1. The summed E-state index contributed by atoms with van der Waals surface area (Å²) in [5, 5.41) is 1.99. The predicted molar refractivity (Wildman–Crippen MR) is 118 cm³/mol. The van der Waals surface area contributed by atoms with Gasteiger partial charge in [0.05, 0.1) is 25.3 Å². The van der Waals surface area contributed by atoms with Crippen LogP contribution in [0.15, 0.2) is 56.7 Å². The van der Waals surface area contributed by atoms with Gasteiger partial charge in [-0.3, -0.25) is 4.79 Å². The Balaban J connectivity index is 1.52. The average molecular weight is 465 g/mol. The fourth-order valence-corrected chi connectivity index (χ4v) is 7.37. The van der Waals surface area contributed by atoms with Crippen LogP contribution in [0.3, 0.4) is 0 Å². The number of amides is 1. The topological polar surface area (TPSA) is 70.8 Å². The maximum atomic E-state index is 13.4. The lowest BCUT2D eigenvalue weighted by molar-refractivity contribution is -0.138. The molecule has 0 radical (unpaired) electrons. The van der Waals surface area contributed by atoms with Crippen LogP contribution in [0.1, 0.15) is 28.4 Å². The maximum Gasteiger partial charge on any atom is 0.252 e. The van der Waals surface area contributed by atoms with Gasteiger partial charge in [0.15, 0.2) is 0 Å². The van der Waals surface area contributed by atoms with E-state index in [0.29, 0.717) is 42.4 Å². The van der Waals surface area contributed by atoms with Crippen LogP contribution in [0.5, 0.6) is 0 Å². The second kappa shape index (κ2) is 9.05. The standard InChI is InChI=1S/C21H24N2O4S3/c1-16-8-9-20(29-16)30(25,26)23-10-2-5-17(13-23)21(24)22(14-18-6-3-11-27-18)15-19-7-4-12-28-19/h3-4,6-9,11-12,17H,2,5,10,13-15H2,1H3. The Hall–Kier alpha value is -1.94. The molecule has 0 spiro atoms. The summed E-state index contributed by atoms with van der Waals surface area (Å²) in [6, 6.07) is 11.1. The van der Waals surface area contributed by atoms with Gasteiger partial charge in [-0.25, -0.2) is 8.42 Å². The molecule has 1 fully saturated rings. The van der Waals surface area contributed by atoms with E-state index in [4.69, 9.17) is 4.42 Å². The molecule has 0 N–H and O–H groups in total. The minimum atomic E-state index is -3.57.